The Balaban J connectivity index is 2.52. The summed E-state index contributed by atoms with van der Waals surface area (Å²) < 4.78 is 16.7. The van der Waals surface area contributed by atoms with Crippen molar-refractivity contribution in [3.05, 3.63) is 27.9 Å². The Bertz CT molecular complexity index is 767. The SMILES string of the molecule is CCOC(=O)c1c(C)oc2cc(Br)c(OC(=O)C(C)(C)C)cc12. The molecule has 0 aliphatic heterocycles. The Labute approximate surface area is 143 Å². The number of benzene rings is 1. The Morgan fingerprint density at radius 3 is 2.48 bits per heavy atom. The summed E-state index contributed by atoms with van der Waals surface area (Å²) in [5.41, 5.74) is 0.236. The molecular weight excluding hydrogens is 364 g/mol. The van der Waals surface area contributed by atoms with Gasteiger partial charge < -0.3 is 13.9 Å². The van der Waals surface area contributed by atoms with Gasteiger partial charge in [0.2, 0.25) is 0 Å². The van der Waals surface area contributed by atoms with E-state index in [-0.39, 0.29) is 12.6 Å². The number of halogens is 1. The average molecular weight is 383 g/mol. The van der Waals surface area contributed by atoms with Crippen LogP contribution in [0.3, 0.4) is 0 Å². The molecule has 124 valence electrons. The summed E-state index contributed by atoms with van der Waals surface area (Å²) in [4.78, 5) is 24.2. The summed E-state index contributed by atoms with van der Waals surface area (Å²) >= 11 is 3.36. The van der Waals surface area contributed by atoms with Crippen LogP contribution in [-0.4, -0.2) is 18.5 Å². The predicted molar refractivity (Wildman–Crippen MR) is 89.7 cm³/mol. The van der Waals surface area contributed by atoms with Gasteiger partial charge in [-0.3, -0.25) is 4.79 Å². The predicted octanol–water partition coefficient (Wildman–Crippen LogP) is 4.63. The normalized spacial score (nSPS) is 11.6. The van der Waals surface area contributed by atoms with E-state index in [0.717, 1.165) is 0 Å². The van der Waals surface area contributed by atoms with E-state index in [1.165, 1.54) is 0 Å². The standard InChI is InChI=1S/C17H19BrO5/c1-6-21-15(19)14-9(2)22-12-8-11(18)13(7-10(12)14)23-16(20)17(3,4)5/h7-8H,6H2,1-5H3. The third-order valence-electron chi connectivity index (χ3n) is 3.21. The molecule has 5 nitrogen and oxygen atoms in total. The van der Waals surface area contributed by atoms with Crippen molar-refractivity contribution in [1.82, 2.24) is 0 Å². The smallest absolute Gasteiger partial charge is 0.342 e. The summed E-state index contributed by atoms with van der Waals surface area (Å²) in [5, 5.41) is 0.556. The molecule has 0 amide bonds. The fourth-order valence-electron chi connectivity index (χ4n) is 2.01. The van der Waals surface area contributed by atoms with Crippen LogP contribution in [0, 0.1) is 12.3 Å². The van der Waals surface area contributed by atoms with E-state index in [1.807, 2.05) is 0 Å². The molecule has 0 saturated carbocycles. The van der Waals surface area contributed by atoms with E-state index in [0.29, 0.717) is 32.5 Å². The average Bonchev–Trinajstić information content (AvgIpc) is 2.73. The number of furan rings is 1. The van der Waals surface area contributed by atoms with Crippen LogP contribution >= 0.6 is 15.9 Å². The quantitative estimate of drug-likeness (QED) is 0.571. The van der Waals surface area contributed by atoms with Crippen LogP contribution in [0.5, 0.6) is 5.75 Å². The van der Waals surface area contributed by atoms with E-state index in [2.05, 4.69) is 15.9 Å². The van der Waals surface area contributed by atoms with Gasteiger partial charge in [0, 0.05) is 5.39 Å². The van der Waals surface area contributed by atoms with Gasteiger partial charge in [-0.2, -0.15) is 0 Å². The maximum atomic E-state index is 12.1. The van der Waals surface area contributed by atoms with Crippen molar-refractivity contribution in [1.29, 1.82) is 0 Å². The van der Waals surface area contributed by atoms with Crippen LogP contribution in [0.4, 0.5) is 0 Å². The molecule has 0 N–H and O–H groups in total. The van der Waals surface area contributed by atoms with Crippen molar-refractivity contribution in [2.45, 2.75) is 34.6 Å². The number of aryl methyl sites for hydroxylation is 1. The molecule has 0 unspecified atom stereocenters. The minimum absolute atomic E-state index is 0.271. The van der Waals surface area contributed by atoms with Gasteiger partial charge in [-0.1, -0.05) is 0 Å². The van der Waals surface area contributed by atoms with Gasteiger partial charge in [-0.25, -0.2) is 4.79 Å². The molecule has 0 fully saturated rings. The first-order chi connectivity index (χ1) is 10.6. The van der Waals surface area contributed by atoms with Crippen LogP contribution < -0.4 is 4.74 Å². The van der Waals surface area contributed by atoms with Gasteiger partial charge in [0.1, 0.15) is 22.7 Å². The van der Waals surface area contributed by atoms with E-state index < -0.39 is 11.4 Å². The van der Waals surface area contributed by atoms with E-state index in [9.17, 15) is 9.59 Å². The number of esters is 2. The Kier molecular flexibility index (Phi) is 4.84. The molecule has 0 aliphatic rings. The lowest BCUT2D eigenvalue weighted by Gasteiger charge is -2.17. The lowest BCUT2D eigenvalue weighted by molar-refractivity contribution is -0.143. The molecule has 2 aromatic rings. The molecule has 2 rings (SSSR count). The van der Waals surface area contributed by atoms with E-state index in [4.69, 9.17) is 13.9 Å². The molecular formula is C17H19BrO5. The van der Waals surface area contributed by atoms with Gasteiger partial charge in [-0.05, 0) is 62.7 Å². The number of fused-ring (bicyclic) bond motifs is 1. The second kappa shape index (κ2) is 6.35. The van der Waals surface area contributed by atoms with Crippen LogP contribution in [-0.2, 0) is 9.53 Å². The molecule has 1 aromatic heterocycles. The highest BCUT2D eigenvalue weighted by atomic mass is 79.9. The highest BCUT2D eigenvalue weighted by Crippen LogP contribution is 2.36. The zero-order valence-corrected chi connectivity index (χ0v) is 15.4. The fourth-order valence-corrected chi connectivity index (χ4v) is 2.41. The maximum absolute atomic E-state index is 12.1. The second-order valence-corrected chi connectivity index (χ2v) is 7.03. The fraction of sp³-hybridized carbons (Fsp3) is 0.412. The van der Waals surface area contributed by atoms with Crippen molar-refractivity contribution in [3.63, 3.8) is 0 Å². The first kappa shape index (κ1) is 17.5. The van der Waals surface area contributed by atoms with Crippen LogP contribution in [0.15, 0.2) is 21.0 Å². The zero-order valence-electron chi connectivity index (χ0n) is 13.8. The Morgan fingerprint density at radius 2 is 1.91 bits per heavy atom. The summed E-state index contributed by atoms with van der Waals surface area (Å²) in [5.74, 6) is -0.0250. The number of rotatable bonds is 3. The van der Waals surface area contributed by atoms with Crippen LogP contribution in [0.25, 0.3) is 11.0 Å². The molecule has 6 heteroatoms. The number of hydrogen-bond acceptors (Lipinski definition) is 5. The zero-order chi connectivity index (χ0) is 17.4. The lowest BCUT2D eigenvalue weighted by atomic mass is 9.97. The molecule has 0 saturated heterocycles. The molecule has 1 aromatic carbocycles. The van der Waals surface area contributed by atoms with Gasteiger partial charge >= 0.3 is 11.9 Å². The number of hydrogen-bond donors (Lipinski definition) is 0. The van der Waals surface area contributed by atoms with Gasteiger partial charge in [0.15, 0.2) is 0 Å². The minimum atomic E-state index is -0.634. The van der Waals surface area contributed by atoms with Gasteiger partial charge in [-0.15, -0.1) is 0 Å². The molecule has 0 spiro atoms. The van der Waals surface area contributed by atoms with Crippen molar-refractivity contribution in [3.8, 4) is 5.75 Å². The van der Waals surface area contributed by atoms with Crippen LogP contribution in [0.2, 0.25) is 0 Å². The van der Waals surface area contributed by atoms with Crippen molar-refractivity contribution in [2.24, 2.45) is 5.41 Å². The second-order valence-electron chi connectivity index (χ2n) is 6.17. The lowest BCUT2D eigenvalue weighted by Crippen LogP contribution is -2.25. The van der Waals surface area contributed by atoms with E-state index in [1.54, 1.807) is 46.8 Å². The number of carbonyl (C=O) groups excluding carboxylic acids is 2. The molecule has 0 radical (unpaired) electrons. The largest absolute Gasteiger partial charge is 0.462 e. The third kappa shape index (κ3) is 3.58. The summed E-state index contributed by atoms with van der Waals surface area (Å²) in [6.07, 6.45) is 0. The molecule has 0 bridgehead atoms. The topological polar surface area (TPSA) is 65.7 Å². The first-order valence-corrected chi connectivity index (χ1v) is 8.06. The summed E-state index contributed by atoms with van der Waals surface area (Å²) in [6, 6.07) is 3.29. The highest BCUT2D eigenvalue weighted by Gasteiger charge is 2.26. The first-order valence-electron chi connectivity index (χ1n) is 7.27. The molecule has 0 atom stereocenters. The van der Waals surface area contributed by atoms with Crippen molar-refractivity contribution in [2.75, 3.05) is 6.61 Å². The monoisotopic (exact) mass is 382 g/mol. The molecule has 1 heterocycles. The minimum Gasteiger partial charge on any atom is -0.462 e. The van der Waals surface area contributed by atoms with Crippen LogP contribution in [0.1, 0.15) is 43.8 Å². The highest BCUT2D eigenvalue weighted by molar-refractivity contribution is 9.10. The van der Waals surface area contributed by atoms with Gasteiger partial charge in [0.05, 0.1) is 16.5 Å². The van der Waals surface area contributed by atoms with Gasteiger partial charge in [0.25, 0.3) is 0 Å². The van der Waals surface area contributed by atoms with E-state index >= 15 is 0 Å². The number of carbonyl (C=O) groups is 2. The molecule has 0 aliphatic carbocycles. The third-order valence-corrected chi connectivity index (χ3v) is 3.83. The van der Waals surface area contributed by atoms with Crippen molar-refractivity contribution >= 4 is 38.8 Å². The Hall–Kier alpha value is -1.82. The van der Waals surface area contributed by atoms with Crippen molar-refractivity contribution < 1.29 is 23.5 Å². The maximum Gasteiger partial charge on any atom is 0.342 e. The Morgan fingerprint density at radius 1 is 1.26 bits per heavy atom. The summed E-state index contributed by atoms with van der Waals surface area (Å²) in [7, 11) is 0. The summed E-state index contributed by atoms with van der Waals surface area (Å²) in [6.45, 7) is 9.02. The molecule has 23 heavy (non-hydrogen) atoms. The number of ether oxygens (including phenoxy) is 2.